The first-order valence-electron chi connectivity index (χ1n) is 24.1. The van der Waals surface area contributed by atoms with Gasteiger partial charge in [0, 0.05) is 25.0 Å². The molecule has 0 spiro atoms. The molecule has 8 nitrogen and oxygen atoms in total. The molecule has 0 aromatic heterocycles. The van der Waals surface area contributed by atoms with Crippen LogP contribution in [0.5, 0.6) is 0 Å². The van der Waals surface area contributed by atoms with Crippen molar-refractivity contribution in [3.8, 4) is 11.1 Å². The van der Waals surface area contributed by atoms with E-state index in [9.17, 15) is 14.4 Å². The van der Waals surface area contributed by atoms with E-state index in [1.165, 1.54) is 62.5 Å². The summed E-state index contributed by atoms with van der Waals surface area (Å²) in [7, 11) is 0. The maximum absolute atomic E-state index is 13.9. The number of carbonyl (C=O) groups is 3. The van der Waals surface area contributed by atoms with Crippen molar-refractivity contribution in [1.82, 2.24) is 10.2 Å². The van der Waals surface area contributed by atoms with Crippen LogP contribution >= 0.6 is 0 Å². The third kappa shape index (κ3) is 9.74. The highest BCUT2D eigenvalue weighted by Gasteiger charge is 2.59. The van der Waals surface area contributed by atoms with Crippen LogP contribution in [-0.2, 0) is 14.3 Å². The molecule has 3 fully saturated rings. The SMILES string of the molecule is CC(C)CCC[C@@H](C)[C@H]1CC[C@H]2[C@@H]3CC=C4C[C@@H](N(CCCNC(=O)CC(CC5c6ccccc6-c6ccccc65)OC(N)=O)C(=O)OC(C)(C)C)CC[C@]4(C)[C@H]3CC[C@]12C. The first kappa shape index (κ1) is 45.2. The van der Waals surface area contributed by atoms with Crippen LogP contribution in [0.2, 0.25) is 0 Å². The Labute approximate surface area is 367 Å². The van der Waals surface area contributed by atoms with Gasteiger partial charge in [0.2, 0.25) is 5.91 Å². The van der Waals surface area contributed by atoms with Gasteiger partial charge >= 0.3 is 12.2 Å². The Morgan fingerprint density at radius 2 is 1.57 bits per heavy atom. The number of benzene rings is 2. The Balaban J connectivity index is 0.967. The van der Waals surface area contributed by atoms with Gasteiger partial charge in [-0.25, -0.2) is 9.59 Å². The van der Waals surface area contributed by atoms with E-state index in [0.717, 1.165) is 60.0 Å². The molecule has 0 aliphatic heterocycles. The summed E-state index contributed by atoms with van der Waals surface area (Å²) in [6, 6.07) is 16.6. The molecule has 334 valence electrons. The molecule has 0 heterocycles. The smallest absolute Gasteiger partial charge is 0.410 e. The number of rotatable bonds is 15. The third-order valence-electron chi connectivity index (χ3n) is 16.4. The van der Waals surface area contributed by atoms with Gasteiger partial charge in [-0.2, -0.15) is 0 Å². The lowest BCUT2D eigenvalue weighted by atomic mass is 9.46. The van der Waals surface area contributed by atoms with Gasteiger partial charge in [-0.15, -0.1) is 0 Å². The quantitative estimate of drug-likeness (QED) is 0.137. The molecule has 0 radical (unpaired) electrons. The molecule has 2 aromatic rings. The number of nitrogens with two attached hydrogens (primary N) is 1. The fraction of sp³-hybridized carbons (Fsp3) is 0.679. The minimum atomic E-state index is -0.885. The third-order valence-corrected chi connectivity index (χ3v) is 16.4. The monoisotopic (exact) mass is 836 g/mol. The maximum Gasteiger partial charge on any atom is 0.410 e. The average molecular weight is 836 g/mol. The lowest BCUT2D eigenvalue weighted by Crippen LogP contribution is -2.53. The summed E-state index contributed by atoms with van der Waals surface area (Å²) in [5, 5.41) is 3.06. The minimum absolute atomic E-state index is 0.00899. The summed E-state index contributed by atoms with van der Waals surface area (Å²) >= 11 is 0. The molecule has 3 amide bonds. The zero-order chi connectivity index (χ0) is 43.7. The number of primary amides is 1. The van der Waals surface area contributed by atoms with Crippen LogP contribution in [-0.4, -0.2) is 53.8 Å². The van der Waals surface area contributed by atoms with Crippen LogP contribution in [0.1, 0.15) is 162 Å². The van der Waals surface area contributed by atoms with Crippen molar-refractivity contribution in [3.05, 3.63) is 71.3 Å². The second-order valence-corrected chi connectivity index (χ2v) is 21.8. The van der Waals surface area contributed by atoms with E-state index in [-0.39, 0.29) is 35.8 Å². The van der Waals surface area contributed by atoms with E-state index in [1.54, 1.807) is 5.57 Å². The molecule has 2 aromatic carbocycles. The van der Waals surface area contributed by atoms with Crippen LogP contribution in [0.3, 0.4) is 0 Å². The topological polar surface area (TPSA) is 111 Å². The van der Waals surface area contributed by atoms with Crippen molar-refractivity contribution in [3.63, 3.8) is 0 Å². The highest BCUT2D eigenvalue weighted by molar-refractivity contribution is 5.79. The number of carbonyl (C=O) groups excluding carboxylic acids is 3. The fourth-order valence-corrected chi connectivity index (χ4v) is 13.5. The lowest BCUT2D eigenvalue weighted by molar-refractivity contribution is -0.123. The van der Waals surface area contributed by atoms with Crippen molar-refractivity contribution >= 4 is 18.1 Å². The van der Waals surface area contributed by atoms with Crippen molar-refractivity contribution in [2.75, 3.05) is 13.1 Å². The van der Waals surface area contributed by atoms with E-state index < -0.39 is 17.8 Å². The largest absolute Gasteiger partial charge is 0.446 e. The van der Waals surface area contributed by atoms with Crippen LogP contribution < -0.4 is 11.1 Å². The zero-order valence-corrected chi connectivity index (χ0v) is 38.8. The predicted octanol–water partition coefficient (Wildman–Crippen LogP) is 12.2. The number of ether oxygens (including phenoxy) is 2. The van der Waals surface area contributed by atoms with Crippen molar-refractivity contribution < 1.29 is 23.9 Å². The Kier molecular flexibility index (Phi) is 13.7. The molecule has 7 rings (SSSR count). The first-order valence-corrected chi connectivity index (χ1v) is 24.1. The number of fused-ring (bicyclic) bond motifs is 8. The summed E-state index contributed by atoms with van der Waals surface area (Å²) in [6.45, 7) is 19.2. The summed E-state index contributed by atoms with van der Waals surface area (Å²) in [6.07, 6.45) is 15.5. The molecule has 9 atom stereocenters. The number of hydrogen-bond acceptors (Lipinski definition) is 5. The van der Waals surface area contributed by atoms with Gasteiger partial charge in [0.1, 0.15) is 11.7 Å². The lowest BCUT2D eigenvalue weighted by Gasteiger charge is -2.59. The number of amides is 3. The van der Waals surface area contributed by atoms with Crippen LogP contribution in [0.4, 0.5) is 9.59 Å². The molecule has 3 saturated carbocycles. The van der Waals surface area contributed by atoms with Gasteiger partial charge in [-0.05, 0) is 154 Å². The Hall–Kier alpha value is -3.81. The number of allylic oxidation sites excluding steroid dienone is 1. The van der Waals surface area contributed by atoms with E-state index in [4.69, 9.17) is 15.2 Å². The van der Waals surface area contributed by atoms with Gasteiger partial charge in [-0.1, -0.05) is 114 Å². The fourth-order valence-electron chi connectivity index (χ4n) is 13.5. The van der Waals surface area contributed by atoms with Crippen molar-refractivity contribution in [2.24, 2.45) is 52.1 Å². The van der Waals surface area contributed by atoms with Gasteiger partial charge in [0.15, 0.2) is 0 Å². The highest BCUT2D eigenvalue weighted by Crippen LogP contribution is 2.67. The summed E-state index contributed by atoms with van der Waals surface area (Å²) in [5.41, 5.74) is 11.8. The Morgan fingerprint density at radius 1 is 0.885 bits per heavy atom. The van der Waals surface area contributed by atoms with E-state index in [1.807, 2.05) is 49.9 Å². The molecule has 5 aliphatic carbocycles. The summed E-state index contributed by atoms with van der Waals surface area (Å²) in [5.74, 6) is 4.53. The van der Waals surface area contributed by atoms with Crippen LogP contribution in [0, 0.1) is 46.3 Å². The van der Waals surface area contributed by atoms with Gasteiger partial charge in [-0.3, -0.25) is 4.79 Å². The second-order valence-electron chi connectivity index (χ2n) is 21.8. The summed E-state index contributed by atoms with van der Waals surface area (Å²) in [4.78, 5) is 41.3. The van der Waals surface area contributed by atoms with E-state index in [2.05, 4.69) is 70.3 Å². The molecular weight excluding hydrogens is 759 g/mol. The average Bonchev–Trinajstić information content (AvgIpc) is 3.71. The zero-order valence-electron chi connectivity index (χ0n) is 38.8. The highest BCUT2D eigenvalue weighted by atomic mass is 16.6. The molecule has 3 N–H and O–H groups in total. The van der Waals surface area contributed by atoms with Gasteiger partial charge in [0.25, 0.3) is 0 Å². The van der Waals surface area contributed by atoms with Gasteiger partial charge in [0.05, 0.1) is 6.42 Å². The molecule has 61 heavy (non-hydrogen) atoms. The first-order chi connectivity index (χ1) is 29.0. The Morgan fingerprint density at radius 3 is 2.23 bits per heavy atom. The second kappa shape index (κ2) is 18.5. The van der Waals surface area contributed by atoms with Crippen LogP contribution in [0.15, 0.2) is 60.2 Å². The molecule has 0 saturated heterocycles. The predicted molar refractivity (Wildman–Crippen MR) is 245 cm³/mol. The minimum Gasteiger partial charge on any atom is -0.446 e. The molecule has 0 bridgehead atoms. The maximum atomic E-state index is 13.9. The Bertz CT molecular complexity index is 1870. The van der Waals surface area contributed by atoms with E-state index in [0.29, 0.717) is 37.3 Å². The van der Waals surface area contributed by atoms with E-state index >= 15 is 0 Å². The van der Waals surface area contributed by atoms with Gasteiger partial charge < -0.3 is 25.4 Å². The standard InChI is InChI=1S/C53H77N3O5/c1-34(2)15-13-16-35(3)45-23-24-46-43-22-21-36-31-37(25-27-52(36,7)47(43)26-28-53(45,46)8)56(50(59)61-51(4,5)6)30-14-29-55-48(57)33-38(60-49(54)58)32-44-41-19-11-9-17-39(41)40-18-10-12-20-42(40)44/h9-12,17-21,34-35,37-38,43-47H,13-16,22-33H2,1-8H3,(H2,54,58)(H,55,57)/t35-,37+,38?,43+,45-,46+,47+,52+,53-/m1/s1. The normalized spacial score (nSPS) is 28.9. The van der Waals surface area contributed by atoms with Crippen LogP contribution in [0.25, 0.3) is 11.1 Å². The number of nitrogens with one attached hydrogen (secondary N) is 1. The van der Waals surface area contributed by atoms with Crippen molar-refractivity contribution in [2.45, 2.75) is 169 Å². The summed E-state index contributed by atoms with van der Waals surface area (Å²) < 4.78 is 11.6. The van der Waals surface area contributed by atoms with Crippen molar-refractivity contribution in [1.29, 1.82) is 0 Å². The molecule has 8 heteroatoms. The molecule has 1 unspecified atom stereocenters. The number of hydrogen-bond donors (Lipinski definition) is 2. The number of nitrogens with zero attached hydrogens (tertiary/aromatic N) is 1. The molecular formula is C53H77N3O5. The molecule has 5 aliphatic rings.